The number of nitrogens with zero attached hydrogens (tertiary/aromatic N) is 8. The molecular formula is C38H38N10O3S. The summed E-state index contributed by atoms with van der Waals surface area (Å²) in [7, 11) is 1.87. The predicted molar refractivity (Wildman–Crippen MR) is 197 cm³/mol. The van der Waals surface area contributed by atoms with E-state index in [-0.39, 0.29) is 35.5 Å². The number of fused-ring (bicyclic) bond motifs is 1. The summed E-state index contributed by atoms with van der Waals surface area (Å²) in [4.78, 5) is 46.4. The van der Waals surface area contributed by atoms with Gasteiger partial charge in [-0.2, -0.15) is 10.4 Å². The van der Waals surface area contributed by atoms with Crippen molar-refractivity contribution in [3.8, 4) is 28.0 Å². The van der Waals surface area contributed by atoms with Crippen LogP contribution in [0, 0.1) is 17.2 Å². The van der Waals surface area contributed by atoms with E-state index in [9.17, 15) is 19.6 Å². The standard InChI is InChI=1S/C38H38N10O3S/c1-40-31-19-32(33-12-10-28-18-23(20-39)21-42-48(28)33)41-22-30(31)37-45-44-36(52-37)25-2-4-26(5-3-25)38(51)47-16-14-46(15-17-47)27-8-6-24(7-9-27)29-11-13-34(49)43-35(29)50/h6-10,12,18-19,21-22,25-26,29H,2-5,11,13-17H2,1H3,(H,40,41)(H,43,49,50)/t25?,26?,29-/m0/s1. The van der Waals surface area contributed by atoms with Gasteiger partial charge in [0.05, 0.1) is 40.1 Å². The first-order valence-corrected chi connectivity index (χ1v) is 18.6. The number of hydrogen-bond donors (Lipinski definition) is 2. The maximum Gasteiger partial charge on any atom is 0.234 e. The molecule has 3 aliphatic rings. The average Bonchev–Trinajstić information content (AvgIpc) is 3.86. The smallest absolute Gasteiger partial charge is 0.234 e. The molecule has 1 aliphatic carbocycles. The molecule has 0 unspecified atom stereocenters. The molecular weight excluding hydrogens is 677 g/mol. The zero-order valence-electron chi connectivity index (χ0n) is 28.8. The monoisotopic (exact) mass is 714 g/mol. The molecule has 52 heavy (non-hydrogen) atoms. The van der Waals surface area contributed by atoms with E-state index in [0.717, 1.165) is 88.2 Å². The van der Waals surface area contributed by atoms with E-state index in [1.165, 1.54) is 0 Å². The first kappa shape index (κ1) is 33.5. The molecule has 4 aromatic heterocycles. The molecule has 0 radical (unpaired) electrons. The number of piperidine rings is 1. The fourth-order valence-electron chi connectivity index (χ4n) is 7.69. The van der Waals surface area contributed by atoms with Crippen LogP contribution < -0.4 is 15.5 Å². The van der Waals surface area contributed by atoms with Crippen LogP contribution in [0.2, 0.25) is 0 Å². The molecule has 1 saturated carbocycles. The Bertz CT molecular complexity index is 2190. The SMILES string of the molecule is CNc1cc(-c2ccc3cc(C#N)cnn23)ncc1-c1nnc(C2CCC(C(=O)N3CCN(c4ccc([C@@H]5CCC(=O)NC5=O)cc4)CC3)CC2)s1. The minimum Gasteiger partial charge on any atom is -0.387 e. The van der Waals surface area contributed by atoms with Gasteiger partial charge in [-0.3, -0.25) is 24.7 Å². The van der Waals surface area contributed by atoms with Crippen molar-refractivity contribution in [1.82, 2.24) is 35.0 Å². The second kappa shape index (κ2) is 14.1. The summed E-state index contributed by atoms with van der Waals surface area (Å²) in [5, 5.41) is 30.3. The lowest BCUT2D eigenvalue weighted by atomic mass is 9.81. The minimum atomic E-state index is -0.288. The highest BCUT2D eigenvalue weighted by Crippen LogP contribution is 2.41. The van der Waals surface area contributed by atoms with Crippen LogP contribution in [0.25, 0.3) is 27.5 Å². The van der Waals surface area contributed by atoms with Crippen molar-refractivity contribution in [2.45, 2.75) is 50.4 Å². The van der Waals surface area contributed by atoms with E-state index in [0.29, 0.717) is 31.5 Å². The fraction of sp³-hybridized carbons (Fsp3) is 0.368. The number of nitrogens with one attached hydrogen (secondary N) is 2. The summed E-state index contributed by atoms with van der Waals surface area (Å²) in [6.07, 6.45) is 7.77. The van der Waals surface area contributed by atoms with Crippen molar-refractivity contribution >= 4 is 45.9 Å². The lowest BCUT2D eigenvalue weighted by Crippen LogP contribution is -2.50. The van der Waals surface area contributed by atoms with Crippen LogP contribution in [0.1, 0.15) is 66.5 Å². The van der Waals surface area contributed by atoms with E-state index >= 15 is 0 Å². The Balaban J connectivity index is 0.852. The molecule has 264 valence electrons. The Kier molecular flexibility index (Phi) is 9.11. The van der Waals surface area contributed by atoms with Gasteiger partial charge in [-0.25, -0.2) is 4.52 Å². The lowest BCUT2D eigenvalue weighted by molar-refractivity contribution is -0.137. The van der Waals surface area contributed by atoms with Crippen LogP contribution in [0.4, 0.5) is 11.4 Å². The summed E-state index contributed by atoms with van der Waals surface area (Å²) >= 11 is 1.59. The maximum atomic E-state index is 13.6. The molecule has 0 spiro atoms. The Labute approximate surface area is 304 Å². The van der Waals surface area contributed by atoms with Gasteiger partial charge in [-0.05, 0) is 74.1 Å². The van der Waals surface area contributed by atoms with Gasteiger partial charge in [-0.1, -0.05) is 23.5 Å². The van der Waals surface area contributed by atoms with Crippen LogP contribution in [0.5, 0.6) is 0 Å². The molecule has 3 fully saturated rings. The normalized spacial score (nSPS) is 20.8. The third-order valence-electron chi connectivity index (χ3n) is 10.7. The summed E-state index contributed by atoms with van der Waals surface area (Å²) < 4.78 is 1.78. The third-order valence-corrected chi connectivity index (χ3v) is 11.8. The highest BCUT2D eigenvalue weighted by atomic mass is 32.1. The molecule has 5 aromatic rings. The third kappa shape index (κ3) is 6.48. The molecule has 1 atom stereocenters. The topological polar surface area (TPSA) is 162 Å². The summed E-state index contributed by atoms with van der Waals surface area (Å²) in [5.74, 6) is -0.155. The van der Waals surface area contributed by atoms with Crippen molar-refractivity contribution < 1.29 is 14.4 Å². The van der Waals surface area contributed by atoms with Gasteiger partial charge in [0.25, 0.3) is 0 Å². The van der Waals surface area contributed by atoms with Crippen LogP contribution in [0.3, 0.4) is 0 Å². The average molecular weight is 715 g/mol. The zero-order chi connectivity index (χ0) is 35.8. The van der Waals surface area contributed by atoms with Crippen LogP contribution in [-0.4, -0.2) is 80.6 Å². The first-order chi connectivity index (χ1) is 25.4. The van der Waals surface area contributed by atoms with Gasteiger partial charge in [0, 0.05) is 69.1 Å². The van der Waals surface area contributed by atoms with Crippen molar-refractivity contribution in [2.75, 3.05) is 43.4 Å². The van der Waals surface area contributed by atoms with E-state index in [1.54, 1.807) is 28.1 Å². The Morgan fingerprint density at radius 1 is 0.962 bits per heavy atom. The second-order valence-corrected chi connectivity index (χ2v) is 14.7. The predicted octanol–water partition coefficient (Wildman–Crippen LogP) is 4.97. The van der Waals surface area contributed by atoms with Crippen LogP contribution in [-0.2, 0) is 14.4 Å². The molecule has 2 aliphatic heterocycles. The number of carbonyl (C=O) groups excluding carboxylic acids is 3. The molecule has 14 heteroatoms. The van der Waals surface area contributed by atoms with Crippen molar-refractivity contribution in [3.05, 3.63) is 77.1 Å². The molecule has 0 bridgehead atoms. The van der Waals surface area contributed by atoms with Crippen LogP contribution >= 0.6 is 11.3 Å². The molecule has 1 aromatic carbocycles. The Morgan fingerprint density at radius 2 is 1.75 bits per heavy atom. The number of imide groups is 1. The number of anilines is 2. The Hall–Kier alpha value is -5.68. The van der Waals surface area contributed by atoms with Crippen LogP contribution in [0.15, 0.2) is 60.9 Å². The lowest BCUT2D eigenvalue weighted by Gasteiger charge is -2.38. The summed E-state index contributed by atoms with van der Waals surface area (Å²) in [5.41, 5.74) is 6.68. The fourth-order valence-corrected chi connectivity index (χ4v) is 8.73. The molecule has 6 heterocycles. The highest BCUT2D eigenvalue weighted by molar-refractivity contribution is 7.14. The maximum absolute atomic E-state index is 13.6. The highest BCUT2D eigenvalue weighted by Gasteiger charge is 2.33. The molecule has 3 amide bonds. The van der Waals surface area contributed by atoms with Crippen molar-refractivity contribution in [3.63, 3.8) is 0 Å². The van der Waals surface area contributed by atoms with Crippen molar-refractivity contribution in [1.29, 1.82) is 5.26 Å². The number of hydrogen-bond acceptors (Lipinski definition) is 11. The summed E-state index contributed by atoms with van der Waals surface area (Å²) in [6, 6.07) is 17.8. The number of rotatable bonds is 7. The van der Waals surface area contributed by atoms with E-state index in [4.69, 9.17) is 4.98 Å². The summed E-state index contributed by atoms with van der Waals surface area (Å²) in [6.45, 7) is 2.90. The number of pyridine rings is 1. The van der Waals surface area contributed by atoms with Gasteiger partial charge in [0.15, 0.2) is 5.01 Å². The quantitative estimate of drug-likeness (QED) is 0.220. The first-order valence-electron chi connectivity index (χ1n) is 17.8. The number of piperazine rings is 1. The Morgan fingerprint density at radius 3 is 2.48 bits per heavy atom. The molecule has 2 N–H and O–H groups in total. The minimum absolute atomic E-state index is 0.0294. The molecule has 2 saturated heterocycles. The zero-order valence-corrected chi connectivity index (χ0v) is 29.6. The van der Waals surface area contributed by atoms with E-state index < -0.39 is 0 Å². The van der Waals surface area contributed by atoms with Gasteiger partial charge in [-0.15, -0.1) is 10.2 Å². The number of benzene rings is 1. The molecule has 8 rings (SSSR count). The van der Waals surface area contributed by atoms with Gasteiger partial charge in [0.1, 0.15) is 11.1 Å². The second-order valence-electron chi connectivity index (χ2n) is 13.7. The molecule has 13 nitrogen and oxygen atoms in total. The number of amides is 3. The van der Waals surface area contributed by atoms with E-state index in [1.807, 2.05) is 60.6 Å². The van der Waals surface area contributed by atoms with Gasteiger partial charge < -0.3 is 15.1 Å². The number of carbonyl (C=O) groups is 3. The number of nitriles is 1. The van der Waals surface area contributed by atoms with E-state index in [2.05, 4.69) is 36.9 Å². The van der Waals surface area contributed by atoms with Crippen molar-refractivity contribution in [2.24, 2.45) is 5.92 Å². The largest absolute Gasteiger partial charge is 0.387 e. The number of aromatic nitrogens is 5. The van der Waals surface area contributed by atoms with Gasteiger partial charge in [0.2, 0.25) is 17.7 Å². The van der Waals surface area contributed by atoms with Gasteiger partial charge >= 0.3 is 0 Å².